The molecule has 3 N–H and O–H groups in total. The smallest absolute Gasteiger partial charge is 0.253 e. The first-order valence-corrected chi connectivity index (χ1v) is 6.48. The minimum atomic E-state index is -0.195. The number of nitrogens with one attached hydrogen (secondary N) is 1. The Morgan fingerprint density at radius 2 is 2.16 bits per heavy atom. The van der Waals surface area contributed by atoms with Crippen molar-refractivity contribution in [1.82, 2.24) is 5.32 Å². The number of nitrogen functional groups attached to an aromatic ring is 1. The summed E-state index contributed by atoms with van der Waals surface area (Å²) in [4.78, 5) is 11.9. The predicted molar refractivity (Wildman–Crippen MR) is 75.5 cm³/mol. The Balaban J connectivity index is 2.37. The van der Waals surface area contributed by atoms with Gasteiger partial charge in [0, 0.05) is 24.9 Å². The van der Waals surface area contributed by atoms with Gasteiger partial charge in [-0.2, -0.15) is 0 Å². The summed E-state index contributed by atoms with van der Waals surface area (Å²) >= 11 is 0. The summed E-state index contributed by atoms with van der Waals surface area (Å²) in [5.41, 5.74) is 6.66. The van der Waals surface area contributed by atoms with Crippen molar-refractivity contribution in [2.75, 3.05) is 32.6 Å². The van der Waals surface area contributed by atoms with Crippen molar-refractivity contribution in [3.63, 3.8) is 0 Å². The average molecular weight is 266 g/mol. The predicted octanol–water partition coefficient (Wildman–Crippen LogP) is 1.82. The van der Waals surface area contributed by atoms with Gasteiger partial charge in [-0.3, -0.25) is 4.79 Å². The van der Waals surface area contributed by atoms with Crippen LogP contribution in [0.4, 0.5) is 5.69 Å². The summed E-state index contributed by atoms with van der Waals surface area (Å²) in [5, 5.41) is 2.77. The lowest BCUT2D eigenvalue weighted by molar-refractivity contribution is 0.0913. The molecule has 106 valence electrons. The molecule has 0 heterocycles. The van der Waals surface area contributed by atoms with Crippen LogP contribution in [0.5, 0.6) is 5.75 Å². The Bertz CT molecular complexity index is 408. The SMILES string of the molecule is CCCCOCCNC(=O)c1ccc(OC)cc1N. The molecule has 0 unspecified atom stereocenters. The number of carbonyl (C=O) groups is 1. The lowest BCUT2D eigenvalue weighted by atomic mass is 10.1. The number of carbonyl (C=O) groups excluding carboxylic acids is 1. The number of unbranched alkanes of at least 4 members (excludes halogenated alkanes) is 1. The highest BCUT2D eigenvalue weighted by molar-refractivity contribution is 5.99. The van der Waals surface area contributed by atoms with E-state index in [2.05, 4.69) is 12.2 Å². The lowest BCUT2D eigenvalue weighted by Gasteiger charge is -2.09. The van der Waals surface area contributed by atoms with Crippen LogP contribution >= 0.6 is 0 Å². The number of rotatable bonds is 8. The molecule has 1 aromatic rings. The summed E-state index contributed by atoms with van der Waals surface area (Å²) in [6, 6.07) is 5.00. The number of nitrogens with two attached hydrogens (primary N) is 1. The van der Waals surface area contributed by atoms with Gasteiger partial charge in [-0.1, -0.05) is 13.3 Å². The van der Waals surface area contributed by atoms with E-state index in [4.69, 9.17) is 15.2 Å². The fourth-order valence-electron chi connectivity index (χ4n) is 1.55. The van der Waals surface area contributed by atoms with Crippen LogP contribution in [-0.4, -0.2) is 32.8 Å². The van der Waals surface area contributed by atoms with Crippen molar-refractivity contribution in [3.8, 4) is 5.75 Å². The molecule has 0 saturated heterocycles. The van der Waals surface area contributed by atoms with Crippen LogP contribution in [0.2, 0.25) is 0 Å². The van der Waals surface area contributed by atoms with Gasteiger partial charge in [0.15, 0.2) is 0 Å². The van der Waals surface area contributed by atoms with Crippen molar-refractivity contribution < 1.29 is 14.3 Å². The van der Waals surface area contributed by atoms with Crippen molar-refractivity contribution in [2.45, 2.75) is 19.8 Å². The van der Waals surface area contributed by atoms with Crippen molar-refractivity contribution >= 4 is 11.6 Å². The molecule has 19 heavy (non-hydrogen) atoms. The van der Waals surface area contributed by atoms with E-state index in [0.717, 1.165) is 19.4 Å². The first kappa shape index (κ1) is 15.3. The molecule has 0 bridgehead atoms. The highest BCUT2D eigenvalue weighted by Gasteiger charge is 2.09. The Labute approximate surface area is 114 Å². The molecule has 5 nitrogen and oxygen atoms in total. The topological polar surface area (TPSA) is 73.6 Å². The zero-order valence-corrected chi connectivity index (χ0v) is 11.6. The average Bonchev–Trinajstić information content (AvgIpc) is 2.42. The molecule has 0 saturated carbocycles. The molecular formula is C14H22N2O3. The van der Waals surface area contributed by atoms with Crippen molar-refractivity contribution in [1.29, 1.82) is 0 Å². The van der Waals surface area contributed by atoms with Crippen molar-refractivity contribution in [3.05, 3.63) is 23.8 Å². The summed E-state index contributed by atoms with van der Waals surface area (Å²) in [7, 11) is 1.56. The first-order valence-electron chi connectivity index (χ1n) is 6.48. The minimum absolute atomic E-state index is 0.195. The Kier molecular flexibility index (Phi) is 6.74. The van der Waals surface area contributed by atoms with E-state index in [-0.39, 0.29) is 5.91 Å². The van der Waals surface area contributed by atoms with E-state index < -0.39 is 0 Å². The number of methoxy groups -OCH3 is 1. The Morgan fingerprint density at radius 3 is 2.79 bits per heavy atom. The number of ether oxygens (including phenoxy) is 2. The molecule has 0 aromatic heterocycles. The second-order valence-corrected chi connectivity index (χ2v) is 4.18. The number of amides is 1. The van der Waals surface area contributed by atoms with Crippen LogP contribution < -0.4 is 15.8 Å². The second kappa shape index (κ2) is 8.37. The number of hydrogen-bond acceptors (Lipinski definition) is 4. The van der Waals surface area contributed by atoms with Crippen LogP contribution in [0.1, 0.15) is 30.1 Å². The van der Waals surface area contributed by atoms with Gasteiger partial charge in [-0.25, -0.2) is 0 Å². The van der Waals surface area contributed by atoms with E-state index in [9.17, 15) is 4.79 Å². The third kappa shape index (κ3) is 5.18. The third-order valence-corrected chi connectivity index (χ3v) is 2.68. The summed E-state index contributed by atoms with van der Waals surface area (Å²) in [5.74, 6) is 0.441. The van der Waals surface area contributed by atoms with E-state index >= 15 is 0 Å². The molecule has 1 aromatic carbocycles. The largest absolute Gasteiger partial charge is 0.497 e. The van der Waals surface area contributed by atoms with Gasteiger partial charge >= 0.3 is 0 Å². The van der Waals surface area contributed by atoms with Gasteiger partial charge in [-0.05, 0) is 18.6 Å². The fourth-order valence-corrected chi connectivity index (χ4v) is 1.55. The molecule has 0 aliphatic heterocycles. The molecule has 5 heteroatoms. The summed E-state index contributed by atoms with van der Waals surface area (Å²) in [6.45, 7) is 3.84. The van der Waals surface area contributed by atoms with Gasteiger partial charge in [0.1, 0.15) is 5.75 Å². The maximum Gasteiger partial charge on any atom is 0.253 e. The highest BCUT2D eigenvalue weighted by Crippen LogP contribution is 2.19. The summed E-state index contributed by atoms with van der Waals surface area (Å²) < 4.78 is 10.4. The number of anilines is 1. The summed E-state index contributed by atoms with van der Waals surface area (Å²) in [6.07, 6.45) is 2.15. The molecule has 0 aliphatic rings. The molecule has 0 aliphatic carbocycles. The van der Waals surface area contributed by atoms with Gasteiger partial charge in [0.2, 0.25) is 0 Å². The minimum Gasteiger partial charge on any atom is -0.497 e. The fraction of sp³-hybridized carbons (Fsp3) is 0.500. The van der Waals surface area contributed by atoms with Crippen LogP contribution in [0.3, 0.4) is 0 Å². The van der Waals surface area contributed by atoms with Crippen LogP contribution in [0, 0.1) is 0 Å². The zero-order valence-electron chi connectivity index (χ0n) is 11.6. The molecule has 0 atom stereocenters. The lowest BCUT2D eigenvalue weighted by Crippen LogP contribution is -2.28. The van der Waals surface area contributed by atoms with Crippen LogP contribution in [0.25, 0.3) is 0 Å². The van der Waals surface area contributed by atoms with Crippen molar-refractivity contribution in [2.24, 2.45) is 0 Å². The third-order valence-electron chi connectivity index (χ3n) is 2.68. The monoisotopic (exact) mass is 266 g/mol. The zero-order chi connectivity index (χ0) is 14.1. The molecular weight excluding hydrogens is 244 g/mol. The van der Waals surface area contributed by atoms with Gasteiger partial charge < -0.3 is 20.5 Å². The molecule has 1 amide bonds. The second-order valence-electron chi connectivity index (χ2n) is 4.18. The van der Waals surface area contributed by atoms with E-state index in [0.29, 0.717) is 30.2 Å². The quantitative estimate of drug-likeness (QED) is 0.556. The molecule has 0 radical (unpaired) electrons. The highest BCUT2D eigenvalue weighted by atomic mass is 16.5. The van der Waals surface area contributed by atoms with Gasteiger partial charge in [-0.15, -0.1) is 0 Å². The molecule has 0 fully saturated rings. The maximum atomic E-state index is 11.9. The van der Waals surface area contributed by atoms with Crippen LogP contribution in [-0.2, 0) is 4.74 Å². The Morgan fingerprint density at radius 1 is 1.37 bits per heavy atom. The maximum absolute atomic E-state index is 11.9. The van der Waals surface area contributed by atoms with E-state index in [1.54, 1.807) is 25.3 Å². The van der Waals surface area contributed by atoms with Gasteiger partial charge in [0.25, 0.3) is 5.91 Å². The molecule has 1 rings (SSSR count). The van der Waals surface area contributed by atoms with E-state index in [1.165, 1.54) is 0 Å². The first-order chi connectivity index (χ1) is 9.19. The molecule has 0 spiro atoms. The number of benzene rings is 1. The van der Waals surface area contributed by atoms with Crippen LogP contribution in [0.15, 0.2) is 18.2 Å². The standard InChI is InChI=1S/C14H22N2O3/c1-3-4-8-19-9-7-16-14(17)12-6-5-11(18-2)10-13(12)15/h5-6,10H,3-4,7-9,15H2,1-2H3,(H,16,17). The van der Waals surface area contributed by atoms with Gasteiger partial charge in [0.05, 0.1) is 19.3 Å². The van der Waals surface area contributed by atoms with E-state index in [1.807, 2.05) is 0 Å². The normalized spacial score (nSPS) is 10.2. The number of hydrogen-bond donors (Lipinski definition) is 2. The Hall–Kier alpha value is -1.75.